The second-order valence-electron chi connectivity index (χ2n) is 16.3. The van der Waals surface area contributed by atoms with Crippen molar-refractivity contribution in [2.75, 3.05) is 23.8 Å². The number of hydrogen-bond donors (Lipinski definition) is 3. The molecule has 2 aliphatic carbocycles. The Morgan fingerprint density at radius 3 is 2.46 bits per heavy atom. The summed E-state index contributed by atoms with van der Waals surface area (Å²) < 4.78 is 5.56. The molecule has 5 atom stereocenters. The summed E-state index contributed by atoms with van der Waals surface area (Å²) in [7, 11) is 0. The van der Waals surface area contributed by atoms with E-state index >= 15 is 0 Å². The second-order valence-corrected chi connectivity index (χ2v) is 16.9. The molecule has 0 heterocycles. The molecule has 0 bridgehead atoms. The Balaban J connectivity index is 0.00000210. The van der Waals surface area contributed by atoms with Crippen LogP contribution in [0.2, 0.25) is 0 Å². The van der Waals surface area contributed by atoms with Crippen molar-refractivity contribution in [3.8, 4) is 0 Å². The Labute approximate surface area is 348 Å². The number of nitrogens with one attached hydrogen (secondary N) is 1. The van der Waals surface area contributed by atoms with Crippen molar-refractivity contribution in [1.82, 2.24) is 0 Å². The topological polar surface area (TPSA) is 182 Å². The van der Waals surface area contributed by atoms with Crippen LogP contribution in [0.4, 0.5) is 17.1 Å². The molecule has 0 radical (unpaired) electrons. The van der Waals surface area contributed by atoms with Crippen molar-refractivity contribution in [1.29, 1.82) is 0 Å². The first-order chi connectivity index (χ1) is 27.1. The van der Waals surface area contributed by atoms with Gasteiger partial charge in [-0.2, -0.15) is 0 Å². The van der Waals surface area contributed by atoms with E-state index in [0.717, 1.165) is 63.4 Å². The molecule has 57 heavy (non-hydrogen) atoms. The largest absolute Gasteiger partial charge is 0.481 e. The number of fused-ring (bicyclic) bond motifs is 1. The number of non-ortho nitro benzene ring substituents is 1. The average Bonchev–Trinajstić information content (AvgIpc) is 3.53. The summed E-state index contributed by atoms with van der Waals surface area (Å²) in [5, 5.41) is 43.4. The van der Waals surface area contributed by atoms with Crippen LogP contribution in [-0.4, -0.2) is 56.1 Å². The average molecular weight is 863 g/mol. The number of carboxylic acid groups (broad SMARTS) is 1. The van der Waals surface area contributed by atoms with Gasteiger partial charge in [0.25, 0.3) is 11.4 Å². The molecule has 3 rings (SSSR count). The number of benzene rings is 1. The Kier molecular flexibility index (Phi) is 22.4. The minimum atomic E-state index is -0.829. The second kappa shape index (κ2) is 25.7. The smallest absolute Gasteiger partial charge is 0.314 e. The number of allylic oxidation sites excluding steroid dienone is 5. The standard InChI is InChI=1S/C42H65N3O7.C2H3BrO2/c1-6-8-10-17-33(26-30-52-40(46)21-11-9-12-29-43-38-25-22-35(44(48)49)31-39(38)45(50)51)18-13-19-34-20-15-28-42(5)36(23-24-37(34)42)32(3)16-14-27-41(4,47)7-2;3-1-2(4)5/h13,18-19,22,25-26,31-32,36-37,43,47H,6-12,14-17,20-21,23-24,27-30H2,1-5H3;1H2,(H,4,5)/b18-13-,33-26+,34-19+;/t32-,36?,37?,41?,42?;/m1./s1. The number of carboxylic acids is 1. The van der Waals surface area contributed by atoms with Crippen molar-refractivity contribution in [2.45, 2.75) is 149 Å². The number of carbonyl (C=O) groups excluding carboxylic acids is 1. The van der Waals surface area contributed by atoms with Gasteiger partial charge in [0.1, 0.15) is 17.6 Å². The summed E-state index contributed by atoms with van der Waals surface area (Å²) in [5.74, 6) is 0.980. The monoisotopic (exact) mass is 861 g/mol. The lowest BCUT2D eigenvalue weighted by Crippen LogP contribution is -2.36. The lowest BCUT2D eigenvalue weighted by atomic mass is 9.60. The van der Waals surface area contributed by atoms with Crippen LogP contribution in [0.25, 0.3) is 0 Å². The maximum absolute atomic E-state index is 12.5. The molecule has 0 saturated heterocycles. The Morgan fingerprint density at radius 2 is 1.81 bits per heavy atom. The number of rotatable bonds is 24. The fourth-order valence-electron chi connectivity index (χ4n) is 8.57. The summed E-state index contributed by atoms with van der Waals surface area (Å²) in [6.45, 7) is 11.9. The van der Waals surface area contributed by atoms with Gasteiger partial charge in [0, 0.05) is 19.0 Å². The highest BCUT2D eigenvalue weighted by Crippen LogP contribution is 2.60. The van der Waals surface area contributed by atoms with E-state index < -0.39 is 21.4 Å². The van der Waals surface area contributed by atoms with Crippen LogP contribution >= 0.6 is 15.9 Å². The highest BCUT2D eigenvalue weighted by atomic mass is 79.9. The predicted molar refractivity (Wildman–Crippen MR) is 231 cm³/mol. The molecule has 12 nitrogen and oxygen atoms in total. The maximum atomic E-state index is 12.5. The minimum Gasteiger partial charge on any atom is -0.481 e. The quantitative estimate of drug-likeness (QED) is 0.0226. The summed E-state index contributed by atoms with van der Waals surface area (Å²) in [5.41, 5.74) is 2.18. The Morgan fingerprint density at radius 1 is 1.09 bits per heavy atom. The van der Waals surface area contributed by atoms with E-state index in [9.17, 15) is 34.9 Å². The molecule has 4 unspecified atom stereocenters. The number of aliphatic hydroxyl groups is 1. The van der Waals surface area contributed by atoms with Gasteiger partial charge in [-0.05, 0) is 118 Å². The molecule has 0 aliphatic heterocycles. The van der Waals surface area contributed by atoms with Crippen LogP contribution in [0.1, 0.15) is 144 Å². The van der Waals surface area contributed by atoms with Crippen LogP contribution in [0.15, 0.2) is 53.6 Å². The molecular formula is C44H68BrN3O9. The zero-order chi connectivity index (χ0) is 42.4. The van der Waals surface area contributed by atoms with Gasteiger partial charge in [0.15, 0.2) is 0 Å². The van der Waals surface area contributed by atoms with Crippen LogP contribution in [-0.2, 0) is 14.3 Å². The molecule has 13 heteroatoms. The number of esters is 1. The summed E-state index contributed by atoms with van der Waals surface area (Å²) in [6.07, 6.45) is 25.8. The van der Waals surface area contributed by atoms with Crippen LogP contribution in [0.5, 0.6) is 0 Å². The number of hydrogen-bond acceptors (Lipinski definition) is 9. The van der Waals surface area contributed by atoms with Gasteiger partial charge < -0.3 is 20.3 Å². The molecular weight excluding hydrogens is 794 g/mol. The molecule has 3 N–H and O–H groups in total. The van der Waals surface area contributed by atoms with E-state index in [1.807, 2.05) is 13.0 Å². The molecule has 2 saturated carbocycles. The van der Waals surface area contributed by atoms with Crippen LogP contribution in [0, 0.1) is 43.4 Å². The maximum Gasteiger partial charge on any atom is 0.314 e. The van der Waals surface area contributed by atoms with Crippen LogP contribution in [0.3, 0.4) is 0 Å². The first-order valence-corrected chi connectivity index (χ1v) is 22.1. The number of nitrogens with zero attached hydrogens (tertiary/aromatic N) is 2. The predicted octanol–water partition coefficient (Wildman–Crippen LogP) is 11.7. The third kappa shape index (κ3) is 17.4. The number of alkyl halides is 1. The fourth-order valence-corrected chi connectivity index (χ4v) is 8.57. The van der Waals surface area contributed by atoms with Crippen molar-refractivity contribution in [3.63, 3.8) is 0 Å². The summed E-state index contributed by atoms with van der Waals surface area (Å²) >= 11 is 2.71. The molecule has 1 aromatic rings. The van der Waals surface area contributed by atoms with E-state index in [2.05, 4.69) is 67.2 Å². The lowest BCUT2D eigenvalue weighted by molar-refractivity contribution is -0.393. The number of halogens is 1. The third-order valence-electron chi connectivity index (χ3n) is 12.0. The van der Waals surface area contributed by atoms with Gasteiger partial charge in [-0.15, -0.1) is 0 Å². The normalized spacial score (nSPS) is 21.6. The van der Waals surface area contributed by atoms with Crippen molar-refractivity contribution < 1.29 is 34.4 Å². The van der Waals surface area contributed by atoms with Gasteiger partial charge in [-0.1, -0.05) is 99.5 Å². The number of anilines is 1. The van der Waals surface area contributed by atoms with Crippen molar-refractivity contribution >= 4 is 44.9 Å². The minimum absolute atomic E-state index is 0.0347. The number of ether oxygens (including phenoxy) is 1. The Hall–Kier alpha value is -3.58. The molecule has 0 aromatic heterocycles. The van der Waals surface area contributed by atoms with E-state index in [1.54, 1.807) is 5.57 Å². The number of carbonyl (C=O) groups is 2. The zero-order valence-corrected chi connectivity index (χ0v) is 36.5. The van der Waals surface area contributed by atoms with Gasteiger partial charge in [-0.3, -0.25) is 29.8 Å². The number of nitro groups is 2. The van der Waals surface area contributed by atoms with E-state index in [1.165, 1.54) is 56.2 Å². The summed E-state index contributed by atoms with van der Waals surface area (Å²) in [4.78, 5) is 42.8. The SMILES string of the molecule is CCCCCC(/C=C\C=C1/CCCC2(C)C1CCC2[C@H](C)CCCC(C)(O)CC)=C\COC(=O)CCCCCNc1ccc([N+](=O)[O-])cc1[N+](=O)[O-].O=C(O)CBr. The van der Waals surface area contributed by atoms with E-state index in [-0.39, 0.29) is 35.0 Å². The molecule has 0 spiro atoms. The number of nitro benzene ring substituents is 2. The van der Waals surface area contributed by atoms with Crippen LogP contribution < -0.4 is 5.32 Å². The van der Waals surface area contributed by atoms with Gasteiger partial charge in [0.05, 0.1) is 21.5 Å². The molecule has 2 fully saturated rings. The van der Waals surface area contributed by atoms with E-state index in [4.69, 9.17) is 9.84 Å². The molecule has 0 amide bonds. The summed E-state index contributed by atoms with van der Waals surface area (Å²) in [6, 6.07) is 3.55. The molecule has 1 aromatic carbocycles. The first-order valence-electron chi connectivity index (χ1n) is 21.0. The molecule has 320 valence electrons. The first kappa shape index (κ1) is 49.6. The van der Waals surface area contributed by atoms with E-state index in [0.29, 0.717) is 43.1 Å². The Bertz CT molecular complexity index is 1540. The fraction of sp³-hybridized carbons (Fsp3) is 0.682. The van der Waals surface area contributed by atoms with Gasteiger partial charge in [-0.25, -0.2) is 0 Å². The lowest BCUT2D eigenvalue weighted by Gasteiger charge is -2.44. The number of aliphatic carboxylic acids is 1. The van der Waals surface area contributed by atoms with Gasteiger partial charge in [0.2, 0.25) is 0 Å². The van der Waals surface area contributed by atoms with Crippen molar-refractivity contribution in [3.05, 3.63) is 73.9 Å². The highest BCUT2D eigenvalue weighted by molar-refractivity contribution is 9.09. The van der Waals surface area contributed by atoms with Crippen molar-refractivity contribution in [2.24, 2.45) is 23.2 Å². The zero-order valence-electron chi connectivity index (χ0n) is 34.9. The highest BCUT2D eigenvalue weighted by Gasteiger charge is 2.50. The number of unbranched alkanes of at least 4 members (excludes halogenated alkanes) is 4. The van der Waals surface area contributed by atoms with Gasteiger partial charge >= 0.3 is 11.9 Å². The third-order valence-corrected chi connectivity index (χ3v) is 12.5. The molecule has 2 aliphatic rings.